The van der Waals surface area contributed by atoms with Crippen LogP contribution < -0.4 is 10.6 Å². The Morgan fingerprint density at radius 2 is 1.40 bits per heavy atom. The van der Waals surface area contributed by atoms with E-state index in [4.69, 9.17) is 5.11 Å². The van der Waals surface area contributed by atoms with Crippen LogP contribution in [0.25, 0.3) is 0 Å². The van der Waals surface area contributed by atoms with E-state index in [2.05, 4.69) is 10.6 Å². The highest BCUT2D eigenvalue weighted by Gasteiger charge is 2.16. The first-order valence-electron chi connectivity index (χ1n) is 8.53. The lowest BCUT2D eigenvalue weighted by molar-refractivity contribution is -0.137. The van der Waals surface area contributed by atoms with E-state index in [0.717, 1.165) is 24.0 Å². The van der Waals surface area contributed by atoms with Crippen molar-refractivity contribution < 1.29 is 14.7 Å². The molecule has 132 valence electrons. The van der Waals surface area contributed by atoms with Crippen LogP contribution in [0.1, 0.15) is 42.9 Å². The second-order valence-electron chi connectivity index (χ2n) is 5.86. The molecule has 0 bridgehead atoms. The van der Waals surface area contributed by atoms with Crippen molar-refractivity contribution in [1.82, 2.24) is 10.6 Å². The van der Waals surface area contributed by atoms with Gasteiger partial charge in [0.25, 0.3) is 0 Å². The molecule has 5 heteroatoms. The van der Waals surface area contributed by atoms with Gasteiger partial charge in [-0.05, 0) is 24.0 Å². The van der Waals surface area contributed by atoms with Crippen molar-refractivity contribution in [3.8, 4) is 0 Å². The van der Waals surface area contributed by atoms with E-state index < -0.39 is 5.97 Å². The third-order valence-electron chi connectivity index (χ3n) is 3.89. The minimum atomic E-state index is -0.778. The molecular formula is C20H24N2O3. The van der Waals surface area contributed by atoms with Gasteiger partial charge in [-0.25, -0.2) is 4.79 Å². The summed E-state index contributed by atoms with van der Waals surface area (Å²) < 4.78 is 0. The van der Waals surface area contributed by atoms with E-state index in [1.165, 1.54) is 0 Å². The predicted molar refractivity (Wildman–Crippen MR) is 97.4 cm³/mol. The molecule has 2 aromatic rings. The SMILES string of the molecule is O=C(O)CCCCCNC(=O)NC(c1ccccc1)c1ccccc1. The van der Waals surface area contributed by atoms with Crippen molar-refractivity contribution in [2.75, 3.05) is 6.54 Å². The molecule has 25 heavy (non-hydrogen) atoms. The standard InChI is InChI=1S/C20H24N2O3/c23-18(24)14-8-3-9-15-21-20(25)22-19(16-10-4-1-5-11-16)17-12-6-2-7-13-17/h1-2,4-7,10-13,19H,3,8-9,14-15H2,(H,23,24)(H2,21,22,25). The maximum atomic E-state index is 12.2. The fourth-order valence-corrected chi connectivity index (χ4v) is 2.61. The third-order valence-corrected chi connectivity index (χ3v) is 3.89. The number of carbonyl (C=O) groups is 2. The molecule has 0 aliphatic heterocycles. The molecule has 2 aromatic carbocycles. The van der Waals surface area contributed by atoms with E-state index in [0.29, 0.717) is 13.0 Å². The Kier molecular flexibility index (Phi) is 7.50. The van der Waals surface area contributed by atoms with Crippen LogP contribution in [-0.2, 0) is 4.79 Å². The summed E-state index contributed by atoms with van der Waals surface area (Å²) in [6.07, 6.45) is 2.36. The van der Waals surface area contributed by atoms with Crippen molar-refractivity contribution in [1.29, 1.82) is 0 Å². The molecule has 0 unspecified atom stereocenters. The minimum absolute atomic E-state index is 0.177. The van der Waals surface area contributed by atoms with Gasteiger partial charge in [0.05, 0.1) is 6.04 Å². The largest absolute Gasteiger partial charge is 0.481 e. The van der Waals surface area contributed by atoms with Crippen molar-refractivity contribution in [2.45, 2.75) is 31.7 Å². The zero-order valence-corrected chi connectivity index (χ0v) is 14.2. The third kappa shape index (κ3) is 6.67. The highest BCUT2D eigenvalue weighted by atomic mass is 16.4. The fraction of sp³-hybridized carbons (Fsp3) is 0.300. The lowest BCUT2D eigenvalue weighted by atomic mass is 9.99. The zero-order chi connectivity index (χ0) is 17.9. The summed E-state index contributed by atoms with van der Waals surface area (Å²) in [5.74, 6) is -0.778. The lowest BCUT2D eigenvalue weighted by Gasteiger charge is -2.20. The quantitative estimate of drug-likeness (QED) is 0.609. The fourth-order valence-electron chi connectivity index (χ4n) is 2.61. The maximum absolute atomic E-state index is 12.2. The first kappa shape index (κ1) is 18.5. The van der Waals surface area contributed by atoms with Gasteiger partial charge >= 0.3 is 12.0 Å². The molecule has 2 amide bonds. The van der Waals surface area contributed by atoms with Crippen LogP contribution in [0.3, 0.4) is 0 Å². The number of hydrogen-bond acceptors (Lipinski definition) is 2. The smallest absolute Gasteiger partial charge is 0.315 e. The average molecular weight is 340 g/mol. The number of hydrogen-bond donors (Lipinski definition) is 3. The summed E-state index contributed by atoms with van der Waals surface area (Å²) in [5.41, 5.74) is 2.04. The van der Waals surface area contributed by atoms with Crippen LogP contribution in [0.2, 0.25) is 0 Å². The Bertz CT molecular complexity index is 620. The molecule has 0 aliphatic rings. The summed E-state index contributed by atoms with van der Waals surface area (Å²) in [6, 6.07) is 19.2. The van der Waals surface area contributed by atoms with Crippen molar-refractivity contribution in [3.63, 3.8) is 0 Å². The van der Waals surface area contributed by atoms with Crippen LogP contribution in [0.5, 0.6) is 0 Å². The van der Waals surface area contributed by atoms with Gasteiger partial charge in [0.15, 0.2) is 0 Å². The summed E-state index contributed by atoms with van der Waals surface area (Å²) in [7, 11) is 0. The minimum Gasteiger partial charge on any atom is -0.481 e. The van der Waals surface area contributed by atoms with Gasteiger partial charge in [-0.3, -0.25) is 4.79 Å². The van der Waals surface area contributed by atoms with Crippen molar-refractivity contribution in [3.05, 3.63) is 71.8 Å². The second-order valence-corrected chi connectivity index (χ2v) is 5.86. The Morgan fingerprint density at radius 1 is 0.840 bits per heavy atom. The molecule has 0 radical (unpaired) electrons. The molecule has 0 aromatic heterocycles. The topological polar surface area (TPSA) is 78.4 Å². The van der Waals surface area contributed by atoms with Gasteiger partial charge in [0.2, 0.25) is 0 Å². The number of nitrogens with one attached hydrogen (secondary N) is 2. The Hall–Kier alpha value is -2.82. The Labute approximate surface area is 148 Å². The number of carbonyl (C=O) groups excluding carboxylic acids is 1. The summed E-state index contributed by atoms with van der Waals surface area (Å²) >= 11 is 0. The number of unbranched alkanes of at least 4 members (excludes halogenated alkanes) is 2. The first-order chi connectivity index (χ1) is 12.2. The number of carboxylic acid groups (broad SMARTS) is 1. The van der Waals surface area contributed by atoms with Crippen molar-refractivity contribution in [2.24, 2.45) is 0 Å². The van der Waals surface area contributed by atoms with Gasteiger partial charge < -0.3 is 15.7 Å². The molecule has 0 heterocycles. The molecule has 0 saturated heterocycles. The van der Waals surface area contributed by atoms with E-state index in [9.17, 15) is 9.59 Å². The van der Waals surface area contributed by atoms with Crippen LogP contribution >= 0.6 is 0 Å². The Morgan fingerprint density at radius 3 is 1.92 bits per heavy atom. The molecule has 0 atom stereocenters. The first-order valence-corrected chi connectivity index (χ1v) is 8.53. The zero-order valence-electron chi connectivity index (χ0n) is 14.2. The van der Waals surface area contributed by atoms with Gasteiger partial charge in [-0.1, -0.05) is 67.1 Å². The van der Waals surface area contributed by atoms with E-state index >= 15 is 0 Å². The number of carboxylic acids is 1. The number of rotatable bonds is 9. The van der Waals surface area contributed by atoms with Crippen LogP contribution in [0.15, 0.2) is 60.7 Å². The number of urea groups is 1. The molecule has 3 N–H and O–H groups in total. The molecule has 0 saturated carbocycles. The molecule has 0 spiro atoms. The summed E-state index contributed by atoms with van der Waals surface area (Å²) in [5, 5.41) is 14.5. The van der Waals surface area contributed by atoms with Crippen LogP contribution in [-0.4, -0.2) is 23.7 Å². The maximum Gasteiger partial charge on any atom is 0.315 e. The highest BCUT2D eigenvalue weighted by Crippen LogP contribution is 2.21. The van der Waals surface area contributed by atoms with Crippen LogP contribution in [0, 0.1) is 0 Å². The van der Waals surface area contributed by atoms with Gasteiger partial charge in [0, 0.05) is 13.0 Å². The van der Waals surface area contributed by atoms with Gasteiger partial charge in [-0.2, -0.15) is 0 Å². The average Bonchev–Trinajstić information content (AvgIpc) is 2.64. The molecule has 0 fully saturated rings. The molecule has 2 rings (SSSR count). The molecular weight excluding hydrogens is 316 g/mol. The Balaban J connectivity index is 1.87. The second kappa shape index (κ2) is 10.1. The molecule has 0 aliphatic carbocycles. The summed E-state index contributed by atoms with van der Waals surface area (Å²) in [4.78, 5) is 22.7. The van der Waals surface area contributed by atoms with Gasteiger partial charge in [-0.15, -0.1) is 0 Å². The van der Waals surface area contributed by atoms with E-state index in [1.807, 2.05) is 60.7 Å². The normalized spacial score (nSPS) is 10.4. The molecule has 5 nitrogen and oxygen atoms in total. The monoisotopic (exact) mass is 340 g/mol. The van der Waals surface area contributed by atoms with Crippen molar-refractivity contribution >= 4 is 12.0 Å². The number of aliphatic carboxylic acids is 1. The number of benzene rings is 2. The summed E-state index contributed by atoms with van der Waals surface area (Å²) in [6.45, 7) is 0.530. The van der Waals surface area contributed by atoms with E-state index in [-0.39, 0.29) is 18.5 Å². The number of amides is 2. The van der Waals surface area contributed by atoms with Gasteiger partial charge in [0.1, 0.15) is 0 Å². The predicted octanol–water partition coefficient (Wildman–Crippen LogP) is 3.72. The van der Waals surface area contributed by atoms with Crippen LogP contribution in [0.4, 0.5) is 4.79 Å². The highest BCUT2D eigenvalue weighted by molar-refractivity contribution is 5.75. The lowest BCUT2D eigenvalue weighted by Crippen LogP contribution is -2.38. The van der Waals surface area contributed by atoms with E-state index in [1.54, 1.807) is 0 Å².